The minimum atomic E-state index is -0.990. The molecule has 0 saturated carbocycles. The molecule has 0 heterocycles. The van der Waals surface area contributed by atoms with E-state index in [9.17, 15) is 4.79 Å². The topological polar surface area (TPSA) is 38.3 Å². The second-order valence-electron chi connectivity index (χ2n) is 4.73. The summed E-state index contributed by atoms with van der Waals surface area (Å²) in [6.45, 7) is 1.81. The molecule has 2 rings (SSSR count). The van der Waals surface area contributed by atoms with E-state index in [0.29, 0.717) is 0 Å². The monoisotopic (exact) mass is 411 g/mol. The molecule has 0 bridgehead atoms. The number of nitrogens with one attached hydrogen (secondary N) is 1. The van der Waals surface area contributed by atoms with Crippen molar-refractivity contribution in [2.24, 2.45) is 0 Å². The van der Waals surface area contributed by atoms with Crippen LogP contribution in [0.25, 0.3) is 0 Å². The van der Waals surface area contributed by atoms with Gasteiger partial charge in [-0.3, -0.25) is 0 Å². The van der Waals surface area contributed by atoms with Crippen LogP contribution in [-0.2, 0) is 15.1 Å². The van der Waals surface area contributed by atoms with Crippen LogP contribution in [0.3, 0.4) is 0 Å². The highest BCUT2D eigenvalue weighted by molar-refractivity contribution is 9.10. The Morgan fingerprint density at radius 2 is 1.86 bits per heavy atom. The van der Waals surface area contributed by atoms with Gasteiger partial charge in [0.05, 0.1) is 7.11 Å². The van der Waals surface area contributed by atoms with Gasteiger partial charge in [0, 0.05) is 20.2 Å². The number of carbonyl (C=O) groups excluding carboxylic acids is 1. The standard InChI is InChI=1S/C16H15Br2NO2/c1-16(15(20)21-2,13-8-3-4-9-14(13)18)19-12-7-5-6-11(17)10-12/h3-10,19H,1-2H3. The Labute approximate surface area is 141 Å². The Kier molecular flexibility index (Phi) is 5.06. The molecule has 1 unspecified atom stereocenters. The van der Waals surface area contributed by atoms with E-state index >= 15 is 0 Å². The first-order valence-electron chi connectivity index (χ1n) is 6.34. The smallest absolute Gasteiger partial charge is 0.335 e. The summed E-state index contributed by atoms with van der Waals surface area (Å²) in [5.41, 5.74) is 0.653. The average molecular weight is 413 g/mol. The first-order valence-corrected chi connectivity index (χ1v) is 7.93. The van der Waals surface area contributed by atoms with Crippen molar-refractivity contribution in [3.63, 3.8) is 0 Å². The lowest BCUT2D eigenvalue weighted by Gasteiger charge is -2.30. The van der Waals surface area contributed by atoms with E-state index in [0.717, 1.165) is 20.2 Å². The lowest BCUT2D eigenvalue weighted by Crippen LogP contribution is -2.41. The van der Waals surface area contributed by atoms with Crippen LogP contribution in [0.5, 0.6) is 0 Å². The third kappa shape index (κ3) is 3.47. The van der Waals surface area contributed by atoms with Crippen molar-refractivity contribution in [2.75, 3.05) is 12.4 Å². The van der Waals surface area contributed by atoms with E-state index in [2.05, 4.69) is 37.2 Å². The van der Waals surface area contributed by atoms with E-state index in [-0.39, 0.29) is 5.97 Å². The van der Waals surface area contributed by atoms with Crippen molar-refractivity contribution in [3.05, 3.63) is 63.0 Å². The summed E-state index contributed by atoms with van der Waals surface area (Å²) < 4.78 is 6.78. The van der Waals surface area contributed by atoms with Crippen LogP contribution in [0.1, 0.15) is 12.5 Å². The number of rotatable bonds is 4. The summed E-state index contributed by atoms with van der Waals surface area (Å²) >= 11 is 6.93. The van der Waals surface area contributed by atoms with Gasteiger partial charge in [-0.25, -0.2) is 4.79 Å². The number of esters is 1. The van der Waals surface area contributed by atoms with E-state index in [1.54, 1.807) is 6.92 Å². The maximum absolute atomic E-state index is 12.4. The highest BCUT2D eigenvalue weighted by Gasteiger charge is 2.38. The SMILES string of the molecule is COC(=O)C(C)(Nc1cccc(Br)c1)c1ccccc1Br. The van der Waals surface area contributed by atoms with Crippen LogP contribution >= 0.6 is 31.9 Å². The van der Waals surface area contributed by atoms with Crippen LogP contribution in [0, 0.1) is 0 Å². The van der Waals surface area contributed by atoms with E-state index in [4.69, 9.17) is 4.74 Å². The van der Waals surface area contributed by atoms with Gasteiger partial charge in [0.2, 0.25) is 0 Å². The summed E-state index contributed by atoms with van der Waals surface area (Å²) in [5, 5.41) is 3.27. The molecule has 0 aliphatic carbocycles. The van der Waals surface area contributed by atoms with Gasteiger partial charge in [0.1, 0.15) is 0 Å². The van der Waals surface area contributed by atoms with E-state index < -0.39 is 5.54 Å². The first-order chi connectivity index (χ1) is 9.97. The fourth-order valence-corrected chi connectivity index (χ4v) is 3.23. The highest BCUT2D eigenvalue weighted by atomic mass is 79.9. The van der Waals surface area contributed by atoms with Crippen molar-refractivity contribution in [2.45, 2.75) is 12.5 Å². The molecule has 3 nitrogen and oxygen atoms in total. The number of anilines is 1. The summed E-state index contributed by atoms with van der Waals surface area (Å²) in [6.07, 6.45) is 0. The maximum atomic E-state index is 12.4. The number of hydrogen-bond acceptors (Lipinski definition) is 3. The number of hydrogen-bond donors (Lipinski definition) is 1. The van der Waals surface area contributed by atoms with Crippen molar-refractivity contribution < 1.29 is 9.53 Å². The van der Waals surface area contributed by atoms with Crippen molar-refractivity contribution in [1.29, 1.82) is 0 Å². The minimum Gasteiger partial charge on any atom is -0.467 e. The molecule has 0 aliphatic rings. The van der Waals surface area contributed by atoms with Gasteiger partial charge in [-0.05, 0) is 31.2 Å². The Balaban J connectivity index is 2.48. The number of methoxy groups -OCH3 is 1. The van der Waals surface area contributed by atoms with Crippen LogP contribution in [-0.4, -0.2) is 13.1 Å². The predicted molar refractivity (Wildman–Crippen MR) is 91.3 cm³/mol. The molecule has 0 saturated heterocycles. The van der Waals surface area contributed by atoms with Gasteiger partial charge in [0.25, 0.3) is 0 Å². The average Bonchev–Trinajstić information content (AvgIpc) is 2.46. The molecule has 2 aromatic rings. The van der Waals surface area contributed by atoms with Gasteiger partial charge in [-0.2, -0.15) is 0 Å². The predicted octanol–water partition coefficient (Wildman–Crippen LogP) is 4.71. The second-order valence-corrected chi connectivity index (χ2v) is 6.50. The molecule has 0 aliphatic heterocycles. The zero-order valence-corrected chi connectivity index (χ0v) is 14.9. The second kappa shape index (κ2) is 6.62. The fraction of sp³-hybridized carbons (Fsp3) is 0.188. The number of benzene rings is 2. The van der Waals surface area contributed by atoms with Crippen LogP contribution in [0.2, 0.25) is 0 Å². The molecular weight excluding hydrogens is 398 g/mol. The van der Waals surface area contributed by atoms with Crippen LogP contribution in [0.15, 0.2) is 57.5 Å². The van der Waals surface area contributed by atoms with Gasteiger partial charge in [-0.15, -0.1) is 0 Å². The summed E-state index contributed by atoms with van der Waals surface area (Å²) in [4.78, 5) is 12.4. The van der Waals surface area contributed by atoms with Crippen molar-refractivity contribution in [3.8, 4) is 0 Å². The number of carbonyl (C=O) groups is 1. The van der Waals surface area contributed by atoms with Crippen LogP contribution < -0.4 is 5.32 Å². The molecule has 0 aromatic heterocycles. The fourth-order valence-electron chi connectivity index (χ4n) is 2.15. The molecule has 110 valence electrons. The molecule has 1 atom stereocenters. The zero-order valence-electron chi connectivity index (χ0n) is 11.7. The Hall–Kier alpha value is -1.33. The zero-order chi connectivity index (χ0) is 15.5. The first kappa shape index (κ1) is 16.0. The van der Waals surface area contributed by atoms with Gasteiger partial charge >= 0.3 is 5.97 Å². The van der Waals surface area contributed by atoms with E-state index in [1.165, 1.54) is 7.11 Å². The van der Waals surface area contributed by atoms with E-state index in [1.807, 2.05) is 48.5 Å². The highest BCUT2D eigenvalue weighted by Crippen LogP contribution is 2.33. The minimum absolute atomic E-state index is 0.352. The maximum Gasteiger partial charge on any atom is 0.335 e. The normalized spacial score (nSPS) is 13.3. The van der Waals surface area contributed by atoms with Crippen molar-refractivity contribution in [1.82, 2.24) is 0 Å². The van der Waals surface area contributed by atoms with Gasteiger partial charge in [0.15, 0.2) is 5.54 Å². The lowest BCUT2D eigenvalue weighted by atomic mass is 9.91. The molecule has 2 aromatic carbocycles. The Morgan fingerprint density at radius 1 is 1.14 bits per heavy atom. The largest absolute Gasteiger partial charge is 0.467 e. The third-order valence-corrected chi connectivity index (χ3v) is 4.41. The molecule has 1 N–H and O–H groups in total. The molecular formula is C16H15Br2NO2. The molecule has 0 radical (unpaired) electrons. The number of halogens is 2. The van der Waals surface area contributed by atoms with Crippen molar-refractivity contribution >= 4 is 43.5 Å². The Morgan fingerprint density at radius 3 is 2.48 bits per heavy atom. The molecule has 0 fully saturated rings. The molecule has 0 spiro atoms. The third-order valence-electron chi connectivity index (χ3n) is 3.23. The molecule has 0 amide bonds. The van der Waals surface area contributed by atoms with Gasteiger partial charge in [-0.1, -0.05) is 56.1 Å². The quantitative estimate of drug-likeness (QED) is 0.738. The molecule has 21 heavy (non-hydrogen) atoms. The van der Waals surface area contributed by atoms with Crippen LogP contribution in [0.4, 0.5) is 5.69 Å². The Bertz CT molecular complexity index is 660. The van der Waals surface area contributed by atoms with Gasteiger partial charge < -0.3 is 10.1 Å². The summed E-state index contributed by atoms with van der Waals surface area (Å²) in [5.74, 6) is -0.352. The summed E-state index contributed by atoms with van der Waals surface area (Å²) in [7, 11) is 1.39. The summed E-state index contributed by atoms with van der Waals surface area (Å²) in [6, 6.07) is 15.3. The molecule has 5 heteroatoms. The number of ether oxygens (including phenoxy) is 1. The lowest BCUT2D eigenvalue weighted by molar-refractivity contribution is -0.145.